The number of aldehydes is 1. The minimum atomic E-state index is -5.31. The number of aliphatic hydroxyl groups is 4. The van der Waals surface area contributed by atoms with Gasteiger partial charge >= 0.3 is 24.3 Å². The van der Waals surface area contributed by atoms with Gasteiger partial charge in [0.25, 0.3) is 0 Å². The van der Waals surface area contributed by atoms with Crippen LogP contribution < -0.4 is 0 Å². The molecule has 0 heterocycles. The number of hydrogen-bond donors (Lipinski definition) is 7. The van der Waals surface area contributed by atoms with E-state index in [-0.39, 0.29) is 6.29 Å². The van der Waals surface area contributed by atoms with Gasteiger partial charge in [-0.25, -0.2) is 4.79 Å². The Balaban J connectivity index is 0. The Hall–Kier alpha value is -1.20. The van der Waals surface area contributed by atoms with E-state index >= 15 is 0 Å². The van der Waals surface area contributed by atoms with Gasteiger partial charge in [-0.2, -0.15) is 16.8 Å². The number of aliphatic carboxylic acids is 1. The predicted octanol–water partition coefficient (Wildman–Crippen LogP) is -4.61. The van der Waals surface area contributed by atoms with Gasteiger partial charge in [-0.05, 0) is 0 Å². The lowest BCUT2D eigenvalue weighted by atomic mass is 10.0. The predicted molar refractivity (Wildman–Crippen MR) is 60.8 cm³/mol. The van der Waals surface area contributed by atoms with Crippen molar-refractivity contribution in [2.24, 2.45) is 0 Å². The molecule has 0 aromatic heterocycles. The van der Waals surface area contributed by atoms with Gasteiger partial charge in [0.05, 0.1) is 0 Å². The van der Waals surface area contributed by atoms with Crippen LogP contribution in [-0.2, 0) is 27.9 Å². The molecule has 0 amide bonds. The van der Waals surface area contributed by atoms with Gasteiger partial charge in [-0.1, -0.05) is 0 Å². The number of carbonyl (C=O) groups is 2. The molecule has 4 atom stereocenters. The molecule has 7 N–H and O–H groups in total. The van der Waals surface area contributed by atoms with Crippen molar-refractivity contribution < 1.29 is 61.1 Å². The molecule has 0 aliphatic carbocycles. The fourth-order valence-electron chi connectivity index (χ4n) is 0.615. The summed E-state index contributed by atoms with van der Waals surface area (Å²) < 4.78 is 52.5. The summed E-state index contributed by atoms with van der Waals surface area (Å²) in [6.45, 7) is 0. The van der Waals surface area contributed by atoms with E-state index in [4.69, 9.17) is 34.6 Å². The van der Waals surface area contributed by atoms with Gasteiger partial charge in [0.1, 0.15) is 18.3 Å². The van der Waals surface area contributed by atoms with Gasteiger partial charge in [-0.15, -0.1) is 0 Å². The van der Waals surface area contributed by atoms with Gasteiger partial charge in [0.2, 0.25) is 0 Å². The van der Waals surface area contributed by atoms with Crippen molar-refractivity contribution in [1.82, 2.24) is 0 Å². The Labute approximate surface area is 117 Å². The highest BCUT2D eigenvalue weighted by atomic mass is 33.2. The zero-order valence-electron chi connectivity index (χ0n) is 9.78. The molecule has 21 heavy (non-hydrogen) atoms. The van der Waals surface area contributed by atoms with Crippen LogP contribution in [0.15, 0.2) is 0 Å². The lowest BCUT2D eigenvalue weighted by molar-refractivity contribution is -0.163. The summed E-state index contributed by atoms with van der Waals surface area (Å²) in [4.78, 5) is 20.0. The van der Waals surface area contributed by atoms with Crippen LogP contribution in [0, 0.1) is 0 Å². The number of hydrogen-bond acceptors (Lipinski definition) is 10. The van der Waals surface area contributed by atoms with Crippen molar-refractivity contribution in [3.8, 4) is 0 Å². The maximum atomic E-state index is 10.1. The van der Waals surface area contributed by atoms with Gasteiger partial charge in [0.15, 0.2) is 12.4 Å². The standard InChI is InChI=1S/C6H10O7.H2O6S2/c7-1-2(8)3(9)4(10)5(11)6(12)13;1-7(2,3)8(4,5)6/h1-5,8-11H,(H,12,13);(H,1,2,3)(H,4,5,6). The topological polar surface area (TPSA) is 244 Å². The smallest absolute Gasteiger partial charge is 0.397 e. The summed E-state index contributed by atoms with van der Waals surface area (Å²) in [6.07, 6.45) is -8.39. The Bertz CT molecular complexity index is 517. The Morgan fingerprint density at radius 3 is 1.38 bits per heavy atom. The molecule has 126 valence electrons. The first kappa shape index (κ1) is 22.1. The summed E-state index contributed by atoms with van der Waals surface area (Å²) >= 11 is 0. The van der Waals surface area contributed by atoms with E-state index in [0.717, 1.165) is 0 Å². The highest BCUT2D eigenvalue weighted by Crippen LogP contribution is 2.03. The van der Waals surface area contributed by atoms with Crippen molar-refractivity contribution in [2.75, 3.05) is 0 Å². The third-order valence-corrected chi connectivity index (χ3v) is 3.81. The molecular weight excluding hydrogens is 344 g/mol. The van der Waals surface area contributed by atoms with Crippen LogP contribution in [0.4, 0.5) is 0 Å². The van der Waals surface area contributed by atoms with Gasteiger partial charge in [0, 0.05) is 0 Å². The molecule has 0 spiro atoms. The average Bonchev–Trinajstić information content (AvgIpc) is 2.33. The first-order valence-corrected chi connectivity index (χ1v) is 7.91. The zero-order valence-corrected chi connectivity index (χ0v) is 11.4. The Kier molecular flexibility index (Phi) is 8.72. The molecule has 0 bridgehead atoms. The quantitative estimate of drug-likeness (QED) is 0.135. The molecule has 13 nitrogen and oxygen atoms in total. The molecule has 15 heteroatoms. The van der Waals surface area contributed by atoms with E-state index in [0.29, 0.717) is 0 Å². The minimum absolute atomic E-state index is 0.0809. The zero-order chi connectivity index (χ0) is 17.6. The van der Waals surface area contributed by atoms with Crippen molar-refractivity contribution >= 4 is 30.6 Å². The van der Waals surface area contributed by atoms with Gasteiger partial charge < -0.3 is 30.3 Å². The first-order chi connectivity index (χ1) is 9.16. The molecule has 0 radical (unpaired) electrons. The largest absolute Gasteiger partial charge is 0.479 e. The molecular formula is C6H12O13S2. The highest BCUT2D eigenvalue weighted by Gasteiger charge is 2.34. The number of aliphatic hydroxyl groups excluding tert-OH is 4. The van der Waals surface area contributed by atoms with Crippen LogP contribution in [0.2, 0.25) is 0 Å². The van der Waals surface area contributed by atoms with Crippen molar-refractivity contribution in [1.29, 1.82) is 0 Å². The SMILES string of the molecule is O=CC(O)C(O)C(O)C(O)C(=O)O.O=S(=O)(O)S(=O)(=O)O. The lowest BCUT2D eigenvalue weighted by Gasteiger charge is -2.21. The summed E-state index contributed by atoms with van der Waals surface area (Å²) in [5, 5.41) is 43.2. The van der Waals surface area contributed by atoms with E-state index < -0.39 is 48.7 Å². The summed E-state index contributed by atoms with van der Waals surface area (Å²) in [6, 6.07) is 0. The maximum absolute atomic E-state index is 10.1. The molecule has 0 saturated carbocycles. The van der Waals surface area contributed by atoms with Crippen LogP contribution in [0.5, 0.6) is 0 Å². The number of carbonyl (C=O) groups excluding carboxylic acids is 1. The fraction of sp³-hybridized carbons (Fsp3) is 0.667. The molecule has 0 aromatic rings. The second-order valence-electron chi connectivity index (χ2n) is 3.25. The molecule has 0 aliphatic heterocycles. The Morgan fingerprint density at radius 2 is 1.19 bits per heavy atom. The third-order valence-electron chi connectivity index (χ3n) is 1.68. The third kappa shape index (κ3) is 7.97. The monoisotopic (exact) mass is 356 g/mol. The summed E-state index contributed by atoms with van der Waals surface area (Å²) in [5.74, 6) is -1.76. The molecule has 0 aromatic carbocycles. The average molecular weight is 356 g/mol. The highest BCUT2D eigenvalue weighted by molar-refractivity contribution is 8.62. The van der Waals surface area contributed by atoms with Gasteiger partial charge in [-0.3, -0.25) is 9.11 Å². The number of carboxylic acids is 1. The van der Waals surface area contributed by atoms with Crippen LogP contribution in [0.1, 0.15) is 0 Å². The summed E-state index contributed by atoms with van der Waals surface area (Å²) in [7, 11) is -10.6. The second-order valence-corrected chi connectivity index (χ2v) is 7.48. The fourth-order valence-corrected chi connectivity index (χ4v) is 0.615. The van der Waals surface area contributed by atoms with E-state index in [1.165, 1.54) is 0 Å². The van der Waals surface area contributed by atoms with Crippen molar-refractivity contribution in [3.05, 3.63) is 0 Å². The van der Waals surface area contributed by atoms with E-state index in [1.807, 2.05) is 0 Å². The number of rotatable bonds is 6. The summed E-state index contributed by atoms with van der Waals surface area (Å²) in [5.41, 5.74) is 0. The van der Waals surface area contributed by atoms with Crippen molar-refractivity contribution in [2.45, 2.75) is 24.4 Å². The van der Waals surface area contributed by atoms with Crippen LogP contribution in [0.3, 0.4) is 0 Å². The Morgan fingerprint density at radius 1 is 0.857 bits per heavy atom. The van der Waals surface area contributed by atoms with Crippen LogP contribution >= 0.6 is 0 Å². The first-order valence-electron chi connectivity index (χ1n) is 4.52. The van der Waals surface area contributed by atoms with E-state index in [2.05, 4.69) is 0 Å². The van der Waals surface area contributed by atoms with Crippen LogP contribution in [0.25, 0.3) is 0 Å². The van der Waals surface area contributed by atoms with Crippen LogP contribution in [-0.4, -0.2) is 88.1 Å². The number of carboxylic acid groups (broad SMARTS) is 1. The lowest BCUT2D eigenvalue weighted by Crippen LogP contribution is -2.48. The molecule has 0 rings (SSSR count). The van der Waals surface area contributed by atoms with E-state index in [9.17, 15) is 26.4 Å². The minimum Gasteiger partial charge on any atom is -0.479 e. The van der Waals surface area contributed by atoms with E-state index in [1.54, 1.807) is 0 Å². The second kappa shape index (κ2) is 8.29. The maximum Gasteiger partial charge on any atom is 0.397 e. The molecule has 0 saturated heterocycles. The molecule has 0 aliphatic rings. The molecule has 0 fully saturated rings. The molecule has 4 unspecified atom stereocenters. The normalized spacial score (nSPS) is 17.6. The van der Waals surface area contributed by atoms with Crippen molar-refractivity contribution in [3.63, 3.8) is 0 Å².